The molecule has 2 aliphatic heterocycles. The molecule has 1 atom stereocenters. The molecule has 1 aromatic heterocycles. The molecular weight excluding hydrogens is 634 g/mol. The maximum Gasteiger partial charge on any atom is 0.408 e. The molecule has 0 fully saturated rings. The lowest BCUT2D eigenvalue weighted by atomic mass is 10.1. The van der Waals surface area contributed by atoms with Gasteiger partial charge in [-0.05, 0) is 89.6 Å². The third-order valence-electron chi connectivity index (χ3n) is 7.02. The summed E-state index contributed by atoms with van der Waals surface area (Å²) in [5.41, 5.74) is 1.03. The van der Waals surface area contributed by atoms with Gasteiger partial charge in [-0.2, -0.15) is 15.0 Å². The topological polar surface area (TPSA) is 195 Å². The normalized spacial score (nSPS) is 14.3. The Labute approximate surface area is 285 Å². The highest BCUT2D eigenvalue weighted by Crippen LogP contribution is 2.27. The van der Waals surface area contributed by atoms with E-state index in [4.69, 9.17) is 18.9 Å². The van der Waals surface area contributed by atoms with Crippen LogP contribution < -0.4 is 35.5 Å². The monoisotopic (exact) mass is 679 g/mol. The first-order valence-electron chi connectivity index (χ1n) is 16.4. The zero-order chi connectivity index (χ0) is 35.2. The van der Waals surface area contributed by atoms with Crippen molar-refractivity contribution in [2.24, 2.45) is 0 Å². The number of nitrogens with zero attached hydrogens (tertiary/aromatic N) is 3. The first kappa shape index (κ1) is 36.5. The Hall–Kier alpha value is -5.34. The van der Waals surface area contributed by atoms with E-state index in [1.165, 1.54) is 0 Å². The van der Waals surface area contributed by atoms with Gasteiger partial charge in [0.05, 0.1) is 25.4 Å². The molecule has 5 rings (SSSR count). The first-order chi connectivity index (χ1) is 23.5. The number of aromatic nitrogens is 3. The predicted octanol–water partition coefficient (Wildman–Crippen LogP) is 5.06. The van der Waals surface area contributed by atoms with Crippen LogP contribution in [0.4, 0.5) is 22.4 Å². The summed E-state index contributed by atoms with van der Waals surface area (Å²) in [5, 5.41) is 21.0. The molecule has 0 aliphatic carbocycles. The molecule has 0 saturated carbocycles. The smallest absolute Gasteiger partial charge is 0.408 e. The van der Waals surface area contributed by atoms with Crippen molar-refractivity contribution in [3.05, 3.63) is 53.6 Å². The van der Waals surface area contributed by atoms with Crippen LogP contribution >= 0.6 is 0 Å². The molecule has 15 heteroatoms. The zero-order valence-corrected chi connectivity index (χ0v) is 28.3. The number of hydrogen-bond acceptors (Lipinski definition) is 12. The molecule has 0 spiro atoms. The van der Waals surface area contributed by atoms with E-state index < -0.39 is 29.6 Å². The van der Waals surface area contributed by atoms with Crippen LogP contribution in [0.3, 0.4) is 0 Å². The summed E-state index contributed by atoms with van der Waals surface area (Å²) in [6.07, 6.45) is 2.57. The second-order valence-electron chi connectivity index (χ2n) is 12.2. The number of carbonyl (C=O) groups excluding carboxylic acids is 2. The van der Waals surface area contributed by atoms with Gasteiger partial charge in [0.15, 0.2) is 0 Å². The number of benzene rings is 2. The third kappa shape index (κ3) is 12.3. The number of hydrogen-bond donors (Lipinski definition) is 5. The van der Waals surface area contributed by atoms with E-state index in [2.05, 4.69) is 36.2 Å². The van der Waals surface area contributed by atoms with Crippen LogP contribution in [0.1, 0.15) is 75.7 Å². The lowest BCUT2D eigenvalue weighted by Gasteiger charge is -2.22. The van der Waals surface area contributed by atoms with Crippen molar-refractivity contribution < 1.29 is 38.4 Å². The van der Waals surface area contributed by atoms with Gasteiger partial charge in [-0.1, -0.05) is 12.1 Å². The van der Waals surface area contributed by atoms with Crippen LogP contribution in [0.25, 0.3) is 0 Å². The molecular formula is C34H45N7O8. The minimum atomic E-state index is -1.26. The summed E-state index contributed by atoms with van der Waals surface area (Å²) >= 11 is 0. The first-order valence-corrected chi connectivity index (χ1v) is 16.4. The minimum absolute atomic E-state index is 0.0305. The van der Waals surface area contributed by atoms with Gasteiger partial charge in [0.25, 0.3) is 5.91 Å². The Kier molecular flexibility index (Phi) is 13.2. The van der Waals surface area contributed by atoms with Crippen LogP contribution in [0, 0.1) is 0 Å². The number of fused-ring (bicyclic) bond motifs is 10. The Morgan fingerprint density at radius 3 is 2.37 bits per heavy atom. The standard InChI is InChI=1S/C34H45N7O8/c1-5-46-32-40-30-36-21-22-10-13-24(14-11-22)47-18-8-6-7-9-19-48-27-20-23(37-31(39-30)41-32)12-15-25(27)28(42)35-17-16-26(29(43)44)38-33(45)49-34(2,3)4/h10-15,20,26H,5-9,16-19,21H2,1-4H3,(H,35,42)(H,38,45)(H,43,44)(H2,36,37,39,40,41)/t26-/m0/s1. The fourth-order valence-electron chi connectivity index (χ4n) is 4.67. The van der Waals surface area contributed by atoms with Crippen LogP contribution in [-0.4, -0.2) is 76.0 Å². The van der Waals surface area contributed by atoms with Crippen molar-refractivity contribution >= 4 is 35.6 Å². The van der Waals surface area contributed by atoms with Gasteiger partial charge < -0.3 is 45.3 Å². The predicted molar refractivity (Wildman–Crippen MR) is 182 cm³/mol. The van der Waals surface area contributed by atoms with E-state index >= 15 is 0 Å². The lowest BCUT2D eigenvalue weighted by Crippen LogP contribution is -2.45. The Balaban J connectivity index is 1.50. The largest absolute Gasteiger partial charge is 0.494 e. The molecule has 5 N–H and O–H groups in total. The molecule has 6 bridgehead atoms. The number of alkyl carbamates (subject to hydrolysis) is 1. The number of aliphatic carboxylic acids is 1. The number of nitrogens with one attached hydrogen (secondary N) is 4. The zero-order valence-electron chi connectivity index (χ0n) is 28.3. The molecule has 3 heterocycles. The molecule has 49 heavy (non-hydrogen) atoms. The quantitative estimate of drug-likeness (QED) is 0.212. The number of rotatable bonds is 8. The number of carboxylic acid groups (broad SMARTS) is 1. The van der Waals surface area contributed by atoms with Crippen molar-refractivity contribution in [1.29, 1.82) is 0 Å². The van der Waals surface area contributed by atoms with Crippen LogP contribution in [0.15, 0.2) is 42.5 Å². The van der Waals surface area contributed by atoms with Gasteiger partial charge in [0.2, 0.25) is 11.9 Å². The fraction of sp³-hybridized carbons (Fsp3) is 0.471. The molecule has 0 saturated heterocycles. The molecule has 3 aromatic rings. The minimum Gasteiger partial charge on any atom is -0.494 e. The number of amides is 2. The molecule has 2 aliphatic rings. The summed E-state index contributed by atoms with van der Waals surface area (Å²) in [6, 6.07) is 11.7. The van der Waals surface area contributed by atoms with Gasteiger partial charge in [-0.25, -0.2) is 9.59 Å². The SMILES string of the molecule is CCOc1nc2nc(n1)Nc1ccc(C(=O)NCC[C@H](NC(=O)OC(C)(C)C)C(=O)O)c(c1)OCCCCCCOc1ccc(cc1)CN2. The molecule has 0 radical (unpaired) electrons. The highest BCUT2D eigenvalue weighted by atomic mass is 16.6. The van der Waals surface area contributed by atoms with Crippen molar-refractivity contribution in [2.45, 2.75) is 78.0 Å². The van der Waals surface area contributed by atoms with Gasteiger partial charge in [-0.15, -0.1) is 0 Å². The van der Waals surface area contributed by atoms with E-state index in [1.54, 1.807) is 39.0 Å². The summed E-state index contributed by atoms with van der Waals surface area (Å²) < 4.78 is 22.7. The summed E-state index contributed by atoms with van der Waals surface area (Å²) in [5.74, 6) is -0.0798. The highest BCUT2D eigenvalue weighted by Gasteiger charge is 2.24. The summed E-state index contributed by atoms with van der Waals surface area (Å²) in [6.45, 7) is 8.60. The molecule has 264 valence electrons. The number of carboxylic acids is 1. The van der Waals surface area contributed by atoms with E-state index in [0.29, 0.717) is 43.8 Å². The van der Waals surface area contributed by atoms with Gasteiger partial charge in [0.1, 0.15) is 23.1 Å². The fourth-order valence-corrected chi connectivity index (χ4v) is 4.67. The highest BCUT2D eigenvalue weighted by molar-refractivity contribution is 5.97. The molecule has 2 aromatic carbocycles. The van der Waals surface area contributed by atoms with Gasteiger partial charge >= 0.3 is 18.1 Å². The molecule has 0 unspecified atom stereocenters. The Morgan fingerprint density at radius 1 is 0.959 bits per heavy atom. The van der Waals surface area contributed by atoms with E-state index in [1.807, 2.05) is 31.2 Å². The molecule has 15 nitrogen and oxygen atoms in total. The van der Waals surface area contributed by atoms with Crippen LogP contribution in [-0.2, 0) is 16.1 Å². The Bertz CT molecular complexity index is 1560. The van der Waals surface area contributed by atoms with Gasteiger partial charge in [-0.3, -0.25) is 4.79 Å². The van der Waals surface area contributed by atoms with Crippen LogP contribution in [0.2, 0.25) is 0 Å². The van der Waals surface area contributed by atoms with E-state index in [9.17, 15) is 19.5 Å². The number of carbonyl (C=O) groups is 3. The Morgan fingerprint density at radius 2 is 1.67 bits per heavy atom. The van der Waals surface area contributed by atoms with Crippen molar-refractivity contribution in [1.82, 2.24) is 25.6 Å². The van der Waals surface area contributed by atoms with E-state index in [-0.39, 0.29) is 30.5 Å². The second-order valence-corrected chi connectivity index (χ2v) is 12.2. The average Bonchev–Trinajstić information content (AvgIpc) is 3.04. The lowest BCUT2D eigenvalue weighted by molar-refractivity contribution is -0.139. The van der Waals surface area contributed by atoms with Crippen molar-refractivity contribution in [2.75, 3.05) is 37.0 Å². The maximum atomic E-state index is 13.3. The third-order valence-corrected chi connectivity index (χ3v) is 7.02. The average molecular weight is 680 g/mol. The van der Waals surface area contributed by atoms with Crippen LogP contribution in [0.5, 0.6) is 17.5 Å². The maximum absolute atomic E-state index is 13.3. The summed E-state index contributed by atoms with van der Waals surface area (Å²) in [4.78, 5) is 50.4. The number of anilines is 3. The van der Waals surface area contributed by atoms with E-state index in [0.717, 1.165) is 37.0 Å². The van der Waals surface area contributed by atoms with Crippen molar-refractivity contribution in [3.63, 3.8) is 0 Å². The second kappa shape index (κ2) is 17.7. The summed E-state index contributed by atoms with van der Waals surface area (Å²) in [7, 11) is 0. The molecule has 2 amide bonds. The van der Waals surface area contributed by atoms with Gasteiger partial charge in [0, 0.05) is 24.8 Å². The van der Waals surface area contributed by atoms with Crippen molar-refractivity contribution in [3.8, 4) is 17.5 Å². The number of ether oxygens (including phenoxy) is 4.